The molecule has 0 amide bonds. The first-order valence-corrected chi connectivity index (χ1v) is 7.34. The van der Waals surface area contributed by atoms with Crippen LogP contribution in [0.4, 0.5) is 0 Å². The second-order valence-corrected chi connectivity index (χ2v) is 5.78. The average molecular weight is 279 g/mol. The third-order valence-corrected chi connectivity index (χ3v) is 4.05. The second-order valence-electron chi connectivity index (χ2n) is 5.78. The first kappa shape index (κ1) is 13.9. The van der Waals surface area contributed by atoms with E-state index in [0.717, 1.165) is 6.54 Å². The molecule has 0 radical (unpaired) electrons. The summed E-state index contributed by atoms with van der Waals surface area (Å²) in [5, 5.41) is 0. The Morgan fingerprint density at radius 1 is 0.905 bits per heavy atom. The summed E-state index contributed by atoms with van der Waals surface area (Å²) in [5.74, 6) is 0.289. The van der Waals surface area contributed by atoms with E-state index < -0.39 is 5.60 Å². The van der Waals surface area contributed by atoms with Crippen LogP contribution in [0.2, 0.25) is 0 Å². The van der Waals surface area contributed by atoms with E-state index in [2.05, 4.69) is 73.6 Å². The van der Waals surface area contributed by atoms with Crippen molar-refractivity contribution < 1.29 is 4.74 Å². The predicted octanol–water partition coefficient (Wildman–Crippen LogP) is 3.65. The van der Waals surface area contributed by atoms with Gasteiger partial charge in [0.15, 0.2) is 5.60 Å². The monoisotopic (exact) mass is 279 g/mol. The smallest absolute Gasteiger partial charge is 0.166 e. The van der Waals surface area contributed by atoms with Crippen molar-refractivity contribution in [1.82, 2.24) is 4.90 Å². The van der Waals surface area contributed by atoms with Crippen molar-refractivity contribution in [2.24, 2.45) is 5.92 Å². The van der Waals surface area contributed by atoms with Crippen LogP contribution in [0.3, 0.4) is 0 Å². The van der Waals surface area contributed by atoms with Gasteiger partial charge in [-0.1, -0.05) is 60.7 Å². The number of rotatable bonds is 4. The highest BCUT2D eigenvalue weighted by atomic mass is 16.5. The summed E-state index contributed by atoms with van der Waals surface area (Å²) in [5.41, 5.74) is 1.98. The van der Waals surface area contributed by atoms with Crippen molar-refractivity contribution in [2.75, 3.05) is 20.6 Å². The Labute approximate surface area is 126 Å². The largest absolute Gasteiger partial charge is 0.485 e. The zero-order valence-electron chi connectivity index (χ0n) is 12.6. The van der Waals surface area contributed by atoms with Crippen LogP contribution in [0.15, 0.2) is 73.0 Å². The number of hydrogen-bond donors (Lipinski definition) is 0. The molecule has 21 heavy (non-hydrogen) atoms. The molecule has 0 aliphatic carbocycles. The highest BCUT2D eigenvalue weighted by Crippen LogP contribution is 2.45. The average Bonchev–Trinajstić information content (AvgIpc) is 2.93. The number of nitrogens with zero attached hydrogens (tertiary/aromatic N) is 1. The van der Waals surface area contributed by atoms with Gasteiger partial charge in [0.25, 0.3) is 0 Å². The maximum Gasteiger partial charge on any atom is 0.166 e. The van der Waals surface area contributed by atoms with Gasteiger partial charge in [0.05, 0.1) is 6.26 Å². The third kappa shape index (κ3) is 2.47. The van der Waals surface area contributed by atoms with E-state index >= 15 is 0 Å². The normalized spacial score (nSPS) is 19.7. The Hall–Kier alpha value is -2.06. The van der Waals surface area contributed by atoms with Crippen molar-refractivity contribution in [1.29, 1.82) is 0 Å². The lowest BCUT2D eigenvalue weighted by atomic mass is 9.76. The Kier molecular flexibility index (Phi) is 3.80. The van der Waals surface area contributed by atoms with Gasteiger partial charge in [0.1, 0.15) is 0 Å². The van der Waals surface area contributed by atoms with Gasteiger partial charge in [-0.15, -0.1) is 0 Å². The topological polar surface area (TPSA) is 12.5 Å². The van der Waals surface area contributed by atoms with E-state index in [4.69, 9.17) is 4.74 Å². The quantitative estimate of drug-likeness (QED) is 0.847. The molecule has 108 valence electrons. The van der Waals surface area contributed by atoms with E-state index in [0.29, 0.717) is 0 Å². The Bertz CT molecular complexity index is 564. The molecule has 1 unspecified atom stereocenters. The zero-order chi connectivity index (χ0) is 14.7. The fourth-order valence-electron chi connectivity index (χ4n) is 3.15. The molecule has 3 rings (SSSR count). The van der Waals surface area contributed by atoms with E-state index in [-0.39, 0.29) is 5.92 Å². The van der Waals surface area contributed by atoms with Gasteiger partial charge in [-0.3, -0.25) is 0 Å². The van der Waals surface area contributed by atoms with Crippen molar-refractivity contribution >= 4 is 0 Å². The van der Waals surface area contributed by atoms with Crippen LogP contribution in [0, 0.1) is 5.92 Å². The maximum atomic E-state index is 6.22. The lowest BCUT2D eigenvalue weighted by Crippen LogP contribution is -2.39. The molecule has 1 aliphatic rings. The minimum atomic E-state index is -0.424. The highest BCUT2D eigenvalue weighted by molar-refractivity contribution is 5.40. The number of ether oxygens (including phenoxy) is 1. The summed E-state index contributed by atoms with van der Waals surface area (Å²) in [6.45, 7) is 0.945. The second kappa shape index (κ2) is 5.74. The number of benzene rings is 2. The molecule has 0 saturated carbocycles. The highest BCUT2D eigenvalue weighted by Gasteiger charge is 2.45. The van der Waals surface area contributed by atoms with E-state index in [1.54, 1.807) is 0 Å². The molecular formula is C19H21NO. The summed E-state index contributed by atoms with van der Waals surface area (Å²) in [4.78, 5) is 2.21. The Morgan fingerprint density at radius 3 is 1.90 bits per heavy atom. The fourth-order valence-corrected chi connectivity index (χ4v) is 3.15. The van der Waals surface area contributed by atoms with Crippen LogP contribution in [0.5, 0.6) is 0 Å². The summed E-state index contributed by atoms with van der Waals surface area (Å²) in [6, 6.07) is 21.0. The molecule has 0 saturated heterocycles. The Morgan fingerprint density at radius 2 is 1.43 bits per heavy atom. The summed E-state index contributed by atoms with van der Waals surface area (Å²) in [6.07, 6.45) is 4.04. The van der Waals surface area contributed by atoms with Crippen LogP contribution in [-0.4, -0.2) is 25.5 Å². The van der Waals surface area contributed by atoms with Crippen LogP contribution < -0.4 is 0 Å². The summed E-state index contributed by atoms with van der Waals surface area (Å²) < 4.78 is 6.22. The van der Waals surface area contributed by atoms with E-state index in [1.165, 1.54) is 11.1 Å². The molecule has 0 fully saturated rings. The first-order valence-electron chi connectivity index (χ1n) is 7.34. The zero-order valence-corrected chi connectivity index (χ0v) is 12.6. The van der Waals surface area contributed by atoms with Crippen molar-refractivity contribution in [2.45, 2.75) is 5.60 Å². The fraction of sp³-hybridized carbons (Fsp3) is 0.263. The van der Waals surface area contributed by atoms with Gasteiger partial charge in [-0.05, 0) is 20.2 Å². The molecule has 0 spiro atoms. The number of hydrogen-bond acceptors (Lipinski definition) is 2. The van der Waals surface area contributed by atoms with Gasteiger partial charge in [0.2, 0.25) is 0 Å². The van der Waals surface area contributed by atoms with Crippen LogP contribution >= 0.6 is 0 Å². The molecule has 2 aromatic carbocycles. The summed E-state index contributed by atoms with van der Waals surface area (Å²) >= 11 is 0. The van der Waals surface area contributed by atoms with Crippen LogP contribution in [-0.2, 0) is 10.3 Å². The summed E-state index contributed by atoms with van der Waals surface area (Å²) in [7, 11) is 4.21. The van der Waals surface area contributed by atoms with Crippen molar-refractivity contribution in [3.05, 3.63) is 84.1 Å². The molecule has 0 N–H and O–H groups in total. The molecule has 2 heteroatoms. The van der Waals surface area contributed by atoms with Crippen LogP contribution in [0.25, 0.3) is 0 Å². The van der Waals surface area contributed by atoms with Crippen molar-refractivity contribution in [3.8, 4) is 0 Å². The predicted molar refractivity (Wildman–Crippen MR) is 85.9 cm³/mol. The van der Waals surface area contributed by atoms with Crippen LogP contribution in [0.1, 0.15) is 11.1 Å². The standard InChI is InChI=1S/C19H21NO/c1-20(2)15-18-13-14-21-19(18,16-9-5-3-6-10-16)17-11-7-4-8-12-17/h3-14,18H,15H2,1-2H3. The lowest BCUT2D eigenvalue weighted by molar-refractivity contribution is 0.0359. The van der Waals surface area contributed by atoms with Gasteiger partial charge in [-0.2, -0.15) is 0 Å². The maximum absolute atomic E-state index is 6.22. The minimum absolute atomic E-state index is 0.289. The lowest BCUT2D eigenvalue weighted by Gasteiger charge is -2.37. The molecule has 2 nitrogen and oxygen atoms in total. The van der Waals surface area contributed by atoms with Gasteiger partial charge in [-0.25, -0.2) is 0 Å². The molecular weight excluding hydrogens is 258 g/mol. The third-order valence-electron chi connectivity index (χ3n) is 4.05. The SMILES string of the molecule is CN(C)CC1C=COC1(c1ccccc1)c1ccccc1. The molecule has 2 aromatic rings. The van der Waals surface area contributed by atoms with E-state index in [9.17, 15) is 0 Å². The molecule has 0 aromatic heterocycles. The Balaban J connectivity index is 2.12. The minimum Gasteiger partial charge on any atom is -0.485 e. The van der Waals surface area contributed by atoms with Gasteiger partial charge >= 0.3 is 0 Å². The molecule has 1 heterocycles. The molecule has 1 aliphatic heterocycles. The molecule has 1 atom stereocenters. The molecule has 0 bridgehead atoms. The van der Waals surface area contributed by atoms with E-state index in [1.807, 2.05) is 18.4 Å². The van der Waals surface area contributed by atoms with Crippen molar-refractivity contribution in [3.63, 3.8) is 0 Å². The van der Waals surface area contributed by atoms with Gasteiger partial charge < -0.3 is 9.64 Å². The first-order chi connectivity index (χ1) is 10.2. The van der Waals surface area contributed by atoms with Gasteiger partial charge in [0, 0.05) is 23.6 Å².